The first kappa shape index (κ1) is 13.5. The molecule has 6 heteroatoms. The number of carboxylic acid groups (broad SMARTS) is 1. The first-order valence-electron chi connectivity index (χ1n) is 5.73. The monoisotopic (exact) mass is 273 g/mol. The van der Waals surface area contributed by atoms with Crippen LogP contribution in [0.5, 0.6) is 11.5 Å². The Morgan fingerprint density at radius 1 is 1.20 bits per heavy atom. The second-order valence-electron chi connectivity index (χ2n) is 4.16. The van der Waals surface area contributed by atoms with Crippen molar-refractivity contribution in [3.8, 4) is 11.5 Å². The number of nitrogens with zero attached hydrogens (tertiary/aromatic N) is 1. The highest BCUT2D eigenvalue weighted by Crippen LogP contribution is 2.32. The van der Waals surface area contributed by atoms with E-state index in [4.69, 9.17) is 9.84 Å². The van der Waals surface area contributed by atoms with Gasteiger partial charge < -0.3 is 9.84 Å². The maximum Gasteiger partial charge on any atom is 0.335 e. The Bertz CT molecular complexity index is 664. The van der Waals surface area contributed by atoms with Crippen LogP contribution in [0.2, 0.25) is 0 Å². The number of nitro benzene ring substituents is 1. The summed E-state index contributed by atoms with van der Waals surface area (Å²) in [5.74, 6) is -0.583. The average Bonchev–Trinajstić information content (AvgIpc) is 2.39. The minimum Gasteiger partial charge on any atom is -0.478 e. The van der Waals surface area contributed by atoms with Crippen LogP contribution in [0.25, 0.3) is 0 Å². The third-order valence-electron chi connectivity index (χ3n) is 2.64. The summed E-state index contributed by atoms with van der Waals surface area (Å²) >= 11 is 0. The largest absolute Gasteiger partial charge is 0.478 e. The Morgan fingerprint density at radius 2 is 1.85 bits per heavy atom. The topological polar surface area (TPSA) is 89.7 Å². The SMILES string of the molecule is Cc1ccc([N+](=O)[O-])c(Oc2ccc(C(=O)O)cc2)c1. The number of rotatable bonds is 4. The molecule has 2 aromatic carbocycles. The number of hydrogen-bond acceptors (Lipinski definition) is 4. The van der Waals surface area contributed by atoms with Crippen LogP contribution in [0.3, 0.4) is 0 Å². The summed E-state index contributed by atoms with van der Waals surface area (Å²) in [6.07, 6.45) is 0. The Balaban J connectivity index is 2.31. The van der Waals surface area contributed by atoms with E-state index in [1.165, 1.54) is 30.3 Å². The minimum absolute atomic E-state index is 0.121. The van der Waals surface area contributed by atoms with E-state index in [0.29, 0.717) is 5.75 Å². The quantitative estimate of drug-likeness (QED) is 0.681. The first-order valence-corrected chi connectivity index (χ1v) is 5.73. The molecule has 20 heavy (non-hydrogen) atoms. The van der Waals surface area contributed by atoms with Crippen molar-refractivity contribution in [2.75, 3.05) is 0 Å². The summed E-state index contributed by atoms with van der Waals surface area (Å²) in [5, 5.41) is 19.7. The van der Waals surface area contributed by atoms with Crippen molar-refractivity contribution < 1.29 is 19.6 Å². The lowest BCUT2D eigenvalue weighted by Crippen LogP contribution is -1.96. The van der Waals surface area contributed by atoms with Gasteiger partial charge in [0, 0.05) is 6.07 Å². The van der Waals surface area contributed by atoms with Crippen LogP contribution in [-0.4, -0.2) is 16.0 Å². The predicted molar refractivity (Wildman–Crippen MR) is 71.3 cm³/mol. The molecule has 0 atom stereocenters. The molecule has 0 saturated heterocycles. The van der Waals surface area contributed by atoms with Gasteiger partial charge in [0.1, 0.15) is 5.75 Å². The zero-order chi connectivity index (χ0) is 14.7. The number of aryl methyl sites for hydroxylation is 1. The zero-order valence-electron chi connectivity index (χ0n) is 10.6. The van der Waals surface area contributed by atoms with Gasteiger partial charge in [0.25, 0.3) is 0 Å². The normalized spacial score (nSPS) is 10.1. The first-order chi connectivity index (χ1) is 9.47. The molecule has 0 saturated carbocycles. The van der Waals surface area contributed by atoms with E-state index in [2.05, 4.69) is 0 Å². The van der Waals surface area contributed by atoms with Crippen LogP contribution in [0, 0.1) is 17.0 Å². The summed E-state index contributed by atoms with van der Waals surface area (Å²) in [5.41, 5.74) is 0.807. The van der Waals surface area contributed by atoms with E-state index in [9.17, 15) is 14.9 Å². The molecule has 2 rings (SSSR count). The van der Waals surface area contributed by atoms with Gasteiger partial charge in [-0.15, -0.1) is 0 Å². The molecule has 0 amide bonds. The lowest BCUT2D eigenvalue weighted by molar-refractivity contribution is -0.385. The van der Waals surface area contributed by atoms with E-state index < -0.39 is 10.9 Å². The number of aromatic carboxylic acids is 1. The van der Waals surface area contributed by atoms with Crippen LogP contribution in [0.1, 0.15) is 15.9 Å². The second kappa shape index (κ2) is 5.40. The summed E-state index contributed by atoms with van der Waals surface area (Å²) in [6.45, 7) is 1.80. The number of benzene rings is 2. The molecule has 2 aromatic rings. The summed E-state index contributed by atoms with van der Waals surface area (Å²) in [4.78, 5) is 21.1. The van der Waals surface area contributed by atoms with E-state index in [-0.39, 0.29) is 17.0 Å². The molecule has 0 bridgehead atoms. The molecule has 0 fully saturated rings. The van der Waals surface area contributed by atoms with Crippen LogP contribution in [0.15, 0.2) is 42.5 Å². The number of nitro groups is 1. The highest BCUT2D eigenvalue weighted by Gasteiger charge is 2.15. The van der Waals surface area contributed by atoms with Crippen molar-refractivity contribution in [1.82, 2.24) is 0 Å². The average molecular weight is 273 g/mol. The van der Waals surface area contributed by atoms with Crippen molar-refractivity contribution >= 4 is 11.7 Å². The van der Waals surface area contributed by atoms with E-state index in [1.807, 2.05) is 0 Å². The van der Waals surface area contributed by atoms with Crippen molar-refractivity contribution in [2.24, 2.45) is 0 Å². The van der Waals surface area contributed by atoms with Crippen molar-refractivity contribution in [2.45, 2.75) is 6.92 Å². The maximum atomic E-state index is 10.9. The molecule has 0 aliphatic rings. The predicted octanol–water partition coefficient (Wildman–Crippen LogP) is 3.39. The van der Waals surface area contributed by atoms with Gasteiger partial charge in [-0.3, -0.25) is 10.1 Å². The molecule has 0 aliphatic heterocycles. The van der Waals surface area contributed by atoms with Crippen molar-refractivity contribution in [3.05, 3.63) is 63.7 Å². The van der Waals surface area contributed by atoms with Crippen molar-refractivity contribution in [1.29, 1.82) is 0 Å². The van der Waals surface area contributed by atoms with Gasteiger partial charge in [-0.25, -0.2) is 4.79 Å². The van der Waals surface area contributed by atoms with E-state index in [1.54, 1.807) is 19.1 Å². The van der Waals surface area contributed by atoms with Crippen LogP contribution < -0.4 is 4.74 Å². The van der Waals surface area contributed by atoms with Gasteiger partial charge in [-0.1, -0.05) is 6.07 Å². The van der Waals surface area contributed by atoms with Gasteiger partial charge in [0.2, 0.25) is 5.75 Å². The van der Waals surface area contributed by atoms with Crippen molar-refractivity contribution in [3.63, 3.8) is 0 Å². The lowest BCUT2D eigenvalue weighted by atomic mass is 10.2. The molecular formula is C14H11NO5. The zero-order valence-corrected chi connectivity index (χ0v) is 10.6. The molecule has 0 heterocycles. The lowest BCUT2D eigenvalue weighted by Gasteiger charge is -2.07. The molecule has 1 N–H and O–H groups in total. The van der Waals surface area contributed by atoms with Gasteiger partial charge in [-0.2, -0.15) is 0 Å². The van der Waals surface area contributed by atoms with Gasteiger partial charge in [-0.05, 0) is 42.8 Å². The summed E-state index contributed by atoms with van der Waals surface area (Å²) in [7, 11) is 0. The fraction of sp³-hybridized carbons (Fsp3) is 0.0714. The number of carbonyl (C=O) groups is 1. The number of ether oxygens (including phenoxy) is 1. The summed E-state index contributed by atoms with van der Waals surface area (Å²) < 4.78 is 5.45. The van der Waals surface area contributed by atoms with Crippen LogP contribution in [0.4, 0.5) is 5.69 Å². The smallest absolute Gasteiger partial charge is 0.335 e. The fourth-order valence-corrected chi connectivity index (χ4v) is 1.65. The van der Waals surface area contributed by atoms with Crippen LogP contribution >= 0.6 is 0 Å². The maximum absolute atomic E-state index is 10.9. The minimum atomic E-state index is -1.04. The summed E-state index contributed by atoms with van der Waals surface area (Å²) in [6, 6.07) is 10.2. The van der Waals surface area contributed by atoms with Gasteiger partial charge in [0.15, 0.2) is 0 Å². The molecular weight excluding hydrogens is 262 g/mol. The fourth-order valence-electron chi connectivity index (χ4n) is 1.65. The van der Waals surface area contributed by atoms with E-state index >= 15 is 0 Å². The Morgan fingerprint density at radius 3 is 2.40 bits per heavy atom. The second-order valence-corrected chi connectivity index (χ2v) is 4.16. The van der Waals surface area contributed by atoms with Gasteiger partial charge >= 0.3 is 11.7 Å². The molecule has 0 aliphatic carbocycles. The molecule has 0 spiro atoms. The number of hydrogen-bond donors (Lipinski definition) is 1. The third-order valence-corrected chi connectivity index (χ3v) is 2.64. The highest BCUT2D eigenvalue weighted by molar-refractivity contribution is 5.87. The Hall–Kier alpha value is -2.89. The standard InChI is InChI=1S/C14H11NO5/c1-9-2-7-12(15(18)19)13(8-9)20-11-5-3-10(4-6-11)14(16)17/h2-8H,1H3,(H,16,17). The molecule has 6 nitrogen and oxygen atoms in total. The molecule has 0 unspecified atom stereocenters. The number of carboxylic acids is 1. The molecule has 0 aromatic heterocycles. The molecule has 102 valence electrons. The highest BCUT2D eigenvalue weighted by atomic mass is 16.6. The molecule has 0 radical (unpaired) electrons. The Labute approximate surface area is 114 Å². The Kier molecular flexibility index (Phi) is 3.65. The third kappa shape index (κ3) is 2.92. The van der Waals surface area contributed by atoms with Gasteiger partial charge in [0.05, 0.1) is 10.5 Å². The van der Waals surface area contributed by atoms with Crippen LogP contribution in [-0.2, 0) is 0 Å². The van der Waals surface area contributed by atoms with E-state index in [0.717, 1.165) is 5.56 Å².